The van der Waals surface area contributed by atoms with Gasteiger partial charge in [0.05, 0.1) is 5.56 Å². The number of carbonyl (C=O) groups excluding carboxylic acids is 1. The molecule has 25 heavy (non-hydrogen) atoms. The van der Waals surface area contributed by atoms with Gasteiger partial charge in [-0.2, -0.15) is 0 Å². The molecule has 0 aromatic heterocycles. The summed E-state index contributed by atoms with van der Waals surface area (Å²) in [6.45, 7) is 0.170. The van der Waals surface area contributed by atoms with Crippen molar-refractivity contribution in [3.63, 3.8) is 0 Å². The van der Waals surface area contributed by atoms with Crippen LogP contribution in [0.25, 0.3) is 10.8 Å². The number of benzene rings is 3. The molecule has 0 radical (unpaired) electrons. The van der Waals surface area contributed by atoms with Gasteiger partial charge in [-0.05, 0) is 22.4 Å². The summed E-state index contributed by atoms with van der Waals surface area (Å²) >= 11 is 0. The Morgan fingerprint density at radius 2 is 1.80 bits per heavy atom. The van der Waals surface area contributed by atoms with E-state index in [1.807, 2.05) is 42.5 Å². The number of hydrogen-bond acceptors (Lipinski definition) is 4. The number of carbonyl (C=O) groups is 1. The number of nitrogens with zero attached hydrogens (tertiary/aromatic N) is 1. The maximum absolute atomic E-state index is 11.9. The van der Waals surface area contributed by atoms with E-state index < -0.39 is 5.91 Å². The van der Waals surface area contributed by atoms with E-state index in [4.69, 9.17) is 10.6 Å². The number of rotatable bonds is 6. The highest BCUT2D eigenvalue weighted by molar-refractivity contribution is 6.08. The number of phenols is 1. The standard InChI is InChI=1S/C20H18N2O3/c21-20(24)19-15(10-9-14-5-1-3-7-17(14)19)11-12-22-25-13-16-6-2-4-8-18(16)23/h1-10,12,23H,11,13H2,(H2,21,24). The second kappa shape index (κ2) is 7.49. The number of phenolic OH excluding ortho intramolecular Hbond substituents is 1. The third-order valence-electron chi connectivity index (χ3n) is 3.93. The second-order valence-corrected chi connectivity index (χ2v) is 5.58. The fourth-order valence-corrected chi connectivity index (χ4v) is 2.71. The van der Waals surface area contributed by atoms with Crippen LogP contribution >= 0.6 is 0 Å². The summed E-state index contributed by atoms with van der Waals surface area (Å²) in [7, 11) is 0. The highest BCUT2D eigenvalue weighted by Crippen LogP contribution is 2.22. The predicted molar refractivity (Wildman–Crippen MR) is 97.6 cm³/mol. The zero-order chi connectivity index (χ0) is 17.6. The van der Waals surface area contributed by atoms with Crippen molar-refractivity contribution in [1.82, 2.24) is 0 Å². The summed E-state index contributed by atoms with van der Waals surface area (Å²) in [6, 6.07) is 18.4. The van der Waals surface area contributed by atoms with Gasteiger partial charge in [0.1, 0.15) is 12.4 Å². The van der Waals surface area contributed by atoms with E-state index in [-0.39, 0.29) is 12.4 Å². The Balaban J connectivity index is 1.72. The third kappa shape index (κ3) is 3.77. The molecule has 3 N–H and O–H groups in total. The predicted octanol–water partition coefficient (Wildman–Crippen LogP) is 3.39. The molecule has 0 aliphatic rings. The molecule has 3 aromatic carbocycles. The summed E-state index contributed by atoms with van der Waals surface area (Å²) in [5.74, 6) is -0.293. The Kier molecular flexibility index (Phi) is 4.95. The van der Waals surface area contributed by atoms with E-state index in [2.05, 4.69) is 5.16 Å². The maximum Gasteiger partial charge on any atom is 0.249 e. The highest BCUT2D eigenvalue weighted by atomic mass is 16.6. The molecule has 1 amide bonds. The van der Waals surface area contributed by atoms with Gasteiger partial charge in [0, 0.05) is 18.2 Å². The van der Waals surface area contributed by atoms with Gasteiger partial charge in [-0.1, -0.05) is 59.8 Å². The first-order chi connectivity index (χ1) is 12.2. The molecule has 5 nitrogen and oxygen atoms in total. The van der Waals surface area contributed by atoms with Crippen LogP contribution < -0.4 is 5.73 Å². The molecule has 126 valence electrons. The van der Waals surface area contributed by atoms with Gasteiger partial charge in [-0.3, -0.25) is 4.79 Å². The lowest BCUT2D eigenvalue weighted by Crippen LogP contribution is -2.14. The quantitative estimate of drug-likeness (QED) is 0.535. The topological polar surface area (TPSA) is 84.9 Å². The number of oxime groups is 1. The van der Waals surface area contributed by atoms with Crippen molar-refractivity contribution in [2.24, 2.45) is 10.9 Å². The number of fused-ring (bicyclic) bond motifs is 1. The van der Waals surface area contributed by atoms with Crippen LogP contribution in [0.5, 0.6) is 5.75 Å². The fourth-order valence-electron chi connectivity index (χ4n) is 2.71. The third-order valence-corrected chi connectivity index (χ3v) is 3.93. The van der Waals surface area contributed by atoms with E-state index in [0.29, 0.717) is 17.5 Å². The zero-order valence-corrected chi connectivity index (χ0v) is 13.6. The van der Waals surface area contributed by atoms with Crippen LogP contribution in [0, 0.1) is 0 Å². The SMILES string of the molecule is NC(=O)c1c(CC=NOCc2ccccc2O)ccc2ccccc12. The average molecular weight is 334 g/mol. The molecule has 0 spiro atoms. The van der Waals surface area contributed by atoms with E-state index in [1.165, 1.54) is 0 Å². The normalized spacial score (nSPS) is 11.0. The van der Waals surface area contributed by atoms with Gasteiger partial charge in [0.25, 0.3) is 0 Å². The molecule has 0 saturated heterocycles. The number of aromatic hydroxyl groups is 1. The molecule has 0 bridgehead atoms. The van der Waals surface area contributed by atoms with Crippen LogP contribution in [-0.4, -0.2) is 17.2 Å². The number of hydrogen-bond donors (Lipinski definition) is 2. The van der Waals surface area contributed by atoms with Crippen molar-refractivity contribution in [2.75, 3.05) is 0 Å². The minimum Gasteiger partial charge on any atom is -0.508 e. The number of nitrogens with two attached hydrogens (primary N) is 1. The maximum atomic E-state index is 11.9. The van der Waals surface area contributed by atoms with Crippen molar-refractivity contribution in [1.29, 1.82) is 0 Å². The largest absolute Gasteiger partial charge is 0.508 e. The van der Waals surface area contributed by atoms with Crippen molar-refractivity contribution in [3.8, 4) is 5.75 Å². The Labute approximate surface area is 145 Å². The fraction of sp³-hybridized carbons (Fsp3) is 0.100. The molecule has 5 heteroatoms. The smallest absolute Gasteiger partial charge is 0.249 e. The van der Waals surface area contributed by atoms with E-state index >= 15 is 0 Å². The minimum absolute atomic E-state index is 0.170. The van der Waals surface area contributed by atoms with Gasteiger partial charge in [-0.25, -0.2) is 0 Å². The van der Waals surface area contributed by atoms with Crippen molar-refractivity contribution < 1.29 is 14.7 Å². The van der Waals surface area contributed by atoms with E-state index in [1.54, 1.807) is 24.4 Å². The van der Waals surface area contributed by atoms with Crippen LogP contribution in [0.4, 0.5) is 0 Å². The molecule has 0 aliphatic carbocycles. The van der Waals surface area contributed by atoms with Crippen LogP contribution in [0.2, 0.25) is 0 Å². The van der Waals surface area contributed by atoms with Gasteiger partial charge in [-0.15, -0.1) is 0 Å². The van der Waals surface area contributed by atoms with E-state index in [9.17, 15) is 9.90 Å². The van der Waals surface area contributed by atoms with E-state index in [0.717, 1.165) is 16.3 Å². The Morgan fingerprint density at radius 1 is 1.04 bits per heavy atom. The summed E-state index contributed by atoms with van der Waals surface area (Å²) in [4.78, 5) is 17.1. The monoisotopic (exact) mass is 334 g/mol. The lowest BCUT2D eigenvalue weighted by atomic mass is 9.97. The minimum atomic E-state index is -0.463. The molecule has 0 saturated carbocycles. The Hall–Kier alpha value is -3.34. The lowest BCUT2D eigenvalue weighted by molar-refractivity contribution is 0.100. The zero-order valence-electron chi connectivity index (χ0n) is 13.6. The van der Waals surface area contributed by atoms with Gasteiger partial charge < -0.3 is 15.7 Å². The summed E-state index contributed by atoms with van der Waals surface area (Å²) in [5, 5.41) is 15.4. The van der Waals surface area contributed by atoms with Crippen molar-refractivity contribution >= 4 is 22.9 Å². The molecule has 3 rings (SSSR count). The van der Waals surface area contributed by atoms with Crippen LogP contribution in [0.3, 0.4) is 0 Å². The number of amides is 1. The number of para-hydroxylation sites is 1. The van der Waals surface area contributed by atoms with Crippen LogP contribution in [-0.2, 0) is 17.9 Å². The lowest BCUT2D eigenvalue weighted by Gasteiger charge is -2.08. The van der Waals surface area contributed by atoms with Gasteiger partial charge in [0.2, 0.25) is 5.91 Å². The molecular formula is C20H18N2O3. The Morgan fingerprint density at radius 3 is 2.60 bits per heavy atom. The highest BCUT2D eigenvalue weighted by Gasteiger charge is 2.11. The molecule has 0 unspecified atom stereocenters. The summed E-state index contributed by atoms with van der Waals surface area (Å²) < 4.78 is 0. The van der Waals surface area contributed by atoms with Crippen molar-refractivity contribution in [2.45, 2.75) is 13.0 Å². The molecule has 3 aromatic rings. The van der Waals surface area contributed by atoms with Crippen molar-refractivity contribution in [3.05, 3.63) is 77.4 Å². The molecule has 0 fully saturated rings. The first kappa shape index (κ1) is 16.5. The number of primary amides is 1. The first-order valence-corrected chi connectivity index (χ1v) is 7.88. The molecule has 0 aliphatic heterocycles. The van der Waals surface area contributed by atoms with Crippen LogP contribution in [0.1, 0.15) is 21.5 Å². The summed E-state index contributed by atoms with van der Waals surface area (Å²) in [5.41, 5.74) is 7.51. The average Bonchev–Trinajstić information content (AvgIpc) is 2.62. The second-order valence-electron chi connectivity index (χ2n) is 5.58. The molecule has 0 atom stereocenters. The van der Waals surface area contributed by atoms with Gasteiger partial charge >= 0.3 is 0 Å². The Bertz CT molecular complexity index is 935. The molecule has 0 heterocycles. The molecular weight excluding hydrogens is 316 g/mol. The van der Waals surface area contributed by atoms with Gasteiger partial charge in [0.15, 0.2) is 0 Å². The van der Waals surface area contributed by atoms with Crippen LogP contribution in [0.15, 0.2) is 65.8 Å². The summed E-state index contributed by atoms with van der Waals surface area (Å²) in [6.07, 6.45) is 2.00. The first-order valence-electron chi connectivity index (χ1n) is 7.88.